The molecule has 0 heterocycles. The fourth-order valence-electron chi connectivity index (χ4n) is 5.08. The van der Waals surface area contributed by atoms with E-state index in [1.807, 2.05) is 18.7 Å². The fourth-order valence-corrected chi connectivity index (χ4v) is 5.08. The van der Waals surface area contributed by atoms with Gasteiger partial charge in [-0.15, -0.1) is 0 Å². The number of isocyanates is 1. The predicted molar refractivity (Wildman–Crippen MR) is 165 cm³/mol. The number of carbonyl (C=O) groups excluding carboxylic acids is 2. The topological polar surface area (TPSA) is 108 Å². The maximum atomic E-state index is 12.8. The van der Waals surface area contributed by atoms with E-state index in [0.717, 1.165) is 69.8 Å². The molecule has 41 heavy (non-hydrogen) atoms. The van der Waals surface area contributed by atoms with Crippen molar-refractivity contribution in [3.8, 4) is 0 Å². The molecule has 0 radical (unpaired) electrons. The molecule has 1 aliphatic rings. The number of carboxylic acid groups (broad SMARTS) is 1. The molecule has 1 fully saturated rings. The highest BCUT2D eigenvalue weighted by atomic mass is 16.5. The van der Waals surface area contributed by atoms with E-state index in [1.54, 1.807) is 0 Å². The molecule has 8 nitrogen and oxygen atoms in total. The number of hydrogen-bond acceptors (Lipinski definition) is 5. The number of amides is 2. The second kappa shape index (κ2) is 22.0. The van der Waals surface area contributed by atoms with Crippen molar-refractivity contribution in [3.05, 3.63) is 35.4 Å². The standard InChI is InChI=1S/C28H46N2O4.C5H9NO/c1-5-6-16-29-28(33)30(20-24-12-10-22(4)11-13-24)17-18-34-25-9-7-8-23(19-25)14-15-26(21(2)3)27(31)32;1-2-3-4-6-5-7/h10-13,21,23,25-26H,5-9,14-20H2,1-4H3,(H,29,33)(H,31,32);2-4H2,1H3/t23-,25-,26?;/m0./s1. The van der Waals surface area contributed by atoms with Gasteiger partial charge in [0, 0.05) is 19.6 Å². The van der Waals surface area contributed by atoms with Gasteiger partial charge in [0.15, 0.2) is 0 Å². The Morgan fingerprint density at radius 1 is 1.15 bits per heavy atom. The lowest BCUT2D eigenvalue weighted by Gasteiger charge is -2.31. The van der Waals surface area contributed by atoms with Gasteiger partial charge in [0.25, 0.3) is 0 Å². The number of unbranched alkanes of at least 4 members (excludes halogenated alkanes) is 2. The number of carboxylic acids is 1. The zero-order valence-corrected chi connectivity index (χ0v) is 26.2. The highest BCUT2D eigenvalue weighted by molar-refractivity contribution is 5.74. The van der Waals surface area contributed by atoms with Crippen molar-refractivity contribution in [1.29, 1.82) is 0 Å². The molecule has 2 rings (SSSR count). The van der Waals surface area contributed by atoms with Crippen molar-refractivity contribution in [2.45, 2.75) is 111 Å². The van der Waals surface area contributed by atoms with Gasteiger partial charge in [-0.1, -0.05) is 83.2 Å². The van der Waals surface area contributed by atoms with Crippen molar-refractivity contribution in [1.82, 2.24) is 10.2 Å². The summed E-state index contributed by atoms with van der Waals surface area (Å²) < 4.78 is 6.24. The number of aryl methyl sites for hydroxylation is 1. The summed E-state index contributed by atoms with van der Waals surface area (Å²) in [4.78, 5) is 38.9. The zero-order chi connectivity index (χ0) is 30.5. The molecule has 1 saturated carbocycles. The Morgan fingerprint density at radius 2 is 1.85 bits per heavy atom. The number of carbonyl (C=O) groups is 2. The van der Waals surface area contributed by atoms with Crippen LogP contribution < -0.4 is 5.32 Å². The number of hydrogen-bond donors (Lipinski definition) is 2. The van der Waals surface area contributed by atoms with Gasteiger partial charge < -0.3 is 20.1 Å². The number of ether oxygens (including phenoxy) is 1. The predicted octanol–water partition coefficient (Wildman–Crippen LogP) is 7.14. The van der Waals surface area contributed by atoms with Crippen LogP contribution in [0, 0.1) is 24.7 Å². The molecule has 1 aliphatic carbocycles. The molecule has 0 saturated heterocycles. The Morgan fingerprint density at radius 3 is 2.46 bits per heavy atom. The molecular formula is C33H55N3O5. The quantitative estimate of drug-likeness (QED) is 0.117. The van der Waals surface area contributed by atoms with E-state index in [2.05, 4.69) is 55.3 Å². The first kappa shape index (κ1) is 36.3. The second-order valence-corrected chi connectivity index (χ2v) is 11.6. The summed E-state index contributed by atoms with van der Waals surface area (Å²) in [7, 11) is 0. The first-order valence-corrected chi connectivity index (χ1v) is 15.7. The molecule has 2 N–H and O–H groups in total. The van der Waals surface area contributed by atoms with Gasteiger partial charge in [-0.25, -0.2) is 14.6 Å². The molecule has 2 amide bonds. The van der Waals surface area contributed by atoms with Gasteiger partial charge in [0.1, 0.15) is 0 Å². The van der Waals surface area contributed by atoms with E-state index in [0.29, 0.717) is 38.7 Å². The zero-order valence-electron chi connectivity index (χ0n) is 26.2. The molecule has 1 unspecified atom stereocenters. The van der Waals surface area contributed by atoms with E-state index in [1.165, 1.54) is 11.6 Å². The number of aliphatic carboxylic acids is 1. The third kappa shape index (κ3) is 16.4. The Kier molecular flexibility index (Phi) is 19.5. The number of benzene rings is 1. The van der Waals surface area contributed by atoms with Crippen LogP contribution in [0.25, 0.3) is 0 Å². The normalized spacial score (nSPS) is 17.1. The summed E-state index contributed by atoms with van der Waals surface area (Å²) in [5.74, 6) is -0.246. The van der Waals surface area contributed by atoms with Crippen LogP contribution >= 0.6 is 0 Å². The average molecular weight is 574 g/mol. The highest BCUT2D eigenvalue weighted by Gasteiger charge is 2.27. The van der Waals surface area contributed by atoms with Crippen LogP contribution in [0.3, 0.4) is 0 Å². The summed E-state index contributed by atoms with van der Waals surface area (Å²) in [6, 6.07) is 8.28. The SMILES string of the molecule is CCCCN=C=O.CCCCNC(=O)N(CCO[C@H]1CCC[C@@H](CCC(C(=O)O)C(C)C)C1)Cc1ccc(C)cc1. The smallest absolute Gasteiger partial charge is 0.317 e. The minimum atomic E-state index is -0.676. The van der Waals surface area contributed by atoms with Crippen LogP contribution in [0.1, 0.15) is 103 Å². The summed E-state index contributed by atoms with van der Waals surface area (Å²) >= 11 is 0. The van der Waals surface area contributed by atoms with E-state index in [4.69, 9.17) is 4.74 Å². The Balaban J connectivity index is 0.00000106. The number of nitrogens with zero attached hydrogens (tertiary/aromatic N) is 2. The van der Waals surface area contributed by atoms with Gasteiger partial charge in [-0.3, -0.25) is 4.79 Å². The van der Waals surface area contributed by atoms with Gasteiger partial charge >= 0.3 is 12.0 Å². The Labute approximate surface area is 248 Å². The monoisotopic (exact) mass is 573 g/mol. The Bertz CT molecular complexity index is 899. The minimum Gasteiger partial charge on any atom is -0.481 e. The highest BCUT2D eigenvalue weighted by Crippen LogP contribution is 2.32. The number of rotatable bonds is 17. The van der Waals surface area contributed by atoms with E-state index >= 15 is 0 Å². The molecule has 232 valence electrons. The third-order valence-corrected chi connectivity index (χ3v) is 7.73. The summed E-state index contributed by atoms with van der Waals surface area (Å²) in [6.45, 7) is 13.2. The van der Waals surface area contributed by atoms with Gasteiger partial charge in [-0.2, -0.15) is 0 Å². The molecule has 3 atom stereocenters. The lowest BCUT2D eigenvalue weighted by atomic mass is 9.81. The van der Waals surface area contributed by atoms with Crippen molar-refractivity contribution < 1.29 is 24.2 Å². The Hall–Kier alpha value is -2.70. The summed E-state index contributed by atoms with van der Waals surface area (Å²) in [5.41, 5.74) is 2.33. The molecule has 0 bridgehead atoms. The molecule has 0 aliphatic heterocycles. The van der Waals surface area contributed by atoms with E-state index in [-0.39, 0.29) is 24.0 Å². The fraction of sp³-hybridized carbons (Fsp3) is 0.727. The summed E-state index contributed by atoms with van der Waals surface area (Å²) in [5, 5.41) is 12.5. The van der Waals surface area contributed by atoms with Crippen molar-refractivity contribution in [2.24, 2.45) is 22.7 Å². The maximum Gasteiger partial charge on any atom is 0.317 e. The van der Waals surface area contributed by atoms with E-state index < -0.39 is 5.97 Å². The van der Waals surface area contributed by atoms with Crippen LogP contribution in [-0.4, -0.2) is 60.4 Å². The largest absolute Gasteiger partial charge is 0.481 e. The van der Waals surface area contributed by atoms with Crippen molar-refractivity contribution in [3.63, 3.8) is 0 Å². The van der Waals surface area contributed by atoms with Gasteiger partial charge in [0.2, 0.25) is 6.08 Å². The number of urea groups is 1. The van der Waals surface area contributed by atoms with Crippen LogP contribution in [-0.2, 0) is 20.9 Å². The average Bonchev–Trinajstić information content (AvgIpc) is 2.94. The van der Waals surface area contributed by atoms with Crippen molar-refractivity contribution >= 4 is 18.1 Å². The first-order valence-electron chi connectivity index (χ1n) is 15.7. The third-order valence-electron chi connectivity index (χ3n) is 7.73. The van der Waals surface area contributed by atoms with Crippen LogP contribution in [0.5, 0.6) is 0 Å². The van der Waals surface area contributed by atoms with Gasteiger partial charge in [0.05, 0.1) is 25.2 Å². The van der Waals surface area contributed by atoms with Crippen LogP contribution in [0.2, 0.25) is 0 Å². The molecule has 0 spiro atoms. The van der Waals surface area contributed by atoms with Crippen LogP contribution in [0.15, 0.2) is 29.3 Å². The molecule has 1 aromatic rings. The molecule has 1 aromatic carbocycles. The van der Waals surface area contributed by atoms with Gasteiger partial charge in [-0.05, 0) is 62.8 Å². The molecule has 8 heteroatoms. The number of aliphatic imine (C=N–C) groups is 1. The molecular weight excluding hydrogens is 518 g/mol. The lowest BCUT2D eigenvalue weighted by molar-refractivity contribution is -0.143. The second-order valence-electron chi connectivity index (χ2n) is 11.6. The number of nitrogens with one attached hydrogen (secondary N) is 1. The van der Waals surface area contributed by atoms with Crippen molar-refractivity contribution in [2.75, 3.05) is 26.2 Å². The van der Waals surface area contributed by atoms with Crippen LogP contribution in [0.4, 0.5) is 4.79 Å². The first-order chi connectivity index (χ1) is 19.7. The maximum absolute atomic E-state index is 12.8. The minimum absolute atomic E-state index is 0.0347. The molecule has 0 aromatic heterocycles. The summed E-state index contributed by atoms with van der Waals surface area (Å²) in [6.07, 6.45) is 11.8. The lowest BCUT2D eigenvalue weighted by Crippen LogP contribution is -2.42. The van der Waals surface area contributed by atoms with E-state index in [9.17, 15) is 19.5 Å².